The first kappa shape index (κ1) is 32.1. The highest BCUT2D eigenvalue weighted by molar-refractivity contribution is 9.10. The van der Waals surface area contributed by atoms with Crippen LogP contribution in [0.5, 0.6) is 5.75 Å². The molecule has 41 heavy (non-hydrogen) atoms. The second kappa shape index (κ2) is 14.5. The smallest absolute Gasteiger partial charge is 0.244 e. The normalized spacial score (nSPS) is 12.1. The molecule has 0 spiro atoms. The second-order valence-corrected chi connectivity index (χ2v) is 13.3. The van der Waals surface area contributed by atoms with Crippen molar-refractivity contribution in [2.24, 2.45) is 5.92 Å². The van der Waals surface area contributed by atoms with Crippen molar-refractivity contribution >= 4 is 43.5 Å². The molecule has 3 aromatic carbocycles. The summed E-state index contributed by atoms with van der Waals surface area (Å²) in [6.07, 6.45) is 1.31. The number of halogens is 1. The highest BCUT2D eigenvalue weighted by Crippen LogP contribution is 2.31. The lowest BCUT2D eigenvalue weighted by Gasteiger charge is -2.34. The Morgan fingerprint density at radius 3 is 2.27 bits per heavy atom. The number of carbonyl (C=O) groups is 2. The average molecular weight is 645 g/mol. The monoisotopic (exact) mass is 643 g/mol. The van der Waals surface area contributed by atoms with Crippen LogP contribution in [0.15, 0.2) is 77.3 Å². The summed E-state index contributed by atoms with van der Waals surface area (Å²) < 4.78 is 33.4. The fourth-order valence-corrected chi connectivity index (χ4v) is 5.69. The van der Waals surface area contributed by atoms with Crippen LogP contribution in [0.4, 0.5) is 5.69 Å². The van der Waals surface area contributed by atoms with Gasteiger partial charge in [0, 0.05) is 24.0 Å². The van der Waals surface area contributed by atoms with Crippen molar-refractivity contribution in [3.63, 3.8) is 0 Å². The lowest BCUT2D eigenvalue weighted by atomic mass is 10.0. The van der Waals surface area contributed by atoms with Gasteiger partial charge in [0.2, 0.25) is 21.8 Å². The first-order chi connectivity index (χ1) is 19.4. The van der Waals surface area contributed by atoms with Crippen LogP contribution in [-0.4, -0.2) is 57.6 Å². The molecule has 3 aromatic rings. The van der Waals surface area contributed by atoms with E-state index in [1.165, 1.54) is 12.0 Å². The number of amides is 2. The number of hydrogen-bond acceptors (Lipinski definition) is 5. The van der Waals surface area contributed by atoms with Gasteiger partial charge in [0.15, 0.2) is 0 Å². The molecule has 0 aromatic heterocycles. The molecule has 0 aliphatic heterocycles. The predicted molar refractivity (Wildman–Crippen MR) is 166 cm³/mol. The molecule has 0 saturated carbocycles. The van der Waals surface area contributed by atoms with Gasteiger partial charge >= 0.3 is 0 Å². The summed E-state index contributed by atoms with van der Waals surface area (Å²) in [5.74, 6) is -0.285. The van der Waals surface area contributed by atoms with E-state index < -0.39 is 28.5 Å². The third-order valence-electron chi connectivity index (χ3n) is 6.48. The SMILES string of the molecule is COc1ccc(C)cc1N(CC(=O)N(Cc1cccc(Br)c1)C(Cc1ccccc1)C(=O)NCC(C)C)S(C)(=O)=O. The maximum atomic E-state index is 14.2. The number of nitrogens with zero attached hydrogens (tertiary/aromatic N) is 2. The highest BCUT2D eigenvalue weighted by Gasteiger charge is 2.33. The van der Waals surface area contributed by atoms with Crippen molar-refractivity contribution in [3.8, 4) is 5.75 Å². The standard InChI is InChI=1S/C31H38BrN3O5S/c1-22(2)19-33-31(37)28(18-24-10-7-6-8-11-24)34(20-25-12-9-13-26(32)17-25)30(36)21-35(41(5,38)39)27-16-23(3)14-15-29(27)40-4/h6-17,22,28H,18-21H2,1-5H3,(H,33,37). The Balaban J connectivity index is 2.09. The highest BCUT2D eigenvalue weighted by atomic mass is 79.9. The quantitative estimate of drug-likeness (QED) is 0.285. The predicted octanol–water partition coefficient (Wildman–Crippen LogP) is 4.94. The van der Waals surface area contributed by atoms with Crippen molar-refractivity contribution in [3.05, 3.63) is 94.0 Å². The zero-order valence-corrected chi connectivity index (χ0v) is 26.5. The van der Waals surface area contributed by atoms with Gasteiger partial charge in [-0.2, -0.15) is 0 Å². The van der Waals surface area contributed by atoms with Crippen LogP contribution < -0.4 is 14.4 Å². The molecule has 3 rings (SSSR count). The number of nitrogens with one attached hydrogen (secondary N) is 1. The van der Waals surface area contributed by atoms with E-state index in [4.69, 9.17) is 4.74 Å². The number of methoxy groups -OCH3 is 1. The summed E-state index contributed by atoms with van der Waals surface area (Å²) in [4.78, 5) is 29.4. The molecule has 1 atom stereocenters. The van der Waals surface area contributed by atoms with Crippen LogP contribution in [0.25, 0.3) is 0 Å². The maximum Gasteiger partial charge on any atom is 0.244 e. The number of aryl methyl sites for hydroxylation is 1. The first-order valence-corrected chi connectivity index (χ1v) is 16.0. The van der Waals surface area contributed by atoms with Crippen LogP contribution >= 0.6 is 15.9 Å². The molecular weight excluding hydrogens is 606 g/mol. The lowest BCUT2D eigenvalue weighted by Crippen LogP contribution is -2.53. The number of benzene rings is 3. The molecule has 1 unspecified atom stereocenters. The lowest BCUT2D eigenvalue weighted by molar-refractivity contribution is -0.140. The summed E-state index contributed by atoms with van der Waals surface area (Å²) in [5.41, 5.74) is 2.74. The molecule has 8 nitrogen and oxygen atoms in total. The number of hydrogen-bond donors (Lipinski definition) is 1. The molecule has 2 amide bonds. The van der Waals surface area contributed by atoms with Gasteiger partial charge in [-0.05, 0) is 53.8 Å². The van der Waals surface area contributed by atoms with Crippen LogP contribution in [0.3, 0.4) is 0 Å². The Kier molecular flexibility index (Phi) is 11.4. The van der Waals surface area contributed by atoms with Crippen molar-refractivity contribution in [2.45, 2.75) is 39.8 Å². The number of ether oxygens (including phenoxy) is 1. The number of carbonyl (C=O) groups excluding carboxylic acids is 2. The minimum atomic E-state index is -3.90. The van der Waals surface area contributed by atoms with Crippen molar-refractivity contribution in [1.29, 1.82) is 0 Å². The van der Waals surface area contributed by atoms with E-state index in [1.54, 1.807) is 18.2 Å². The molecule has 0 saturated heterocycles. The number of anilines is 1. The number of sulfonamides is 1. The zero-order chi connectivity index (χ0) is 30.2. The van der Waals surface area contributed by atoms with Gasteiger partial charge in [0.25, 0.3) is 0 Å². The Bertz CT molecular complexity index is 1450. The molecule has 0 aliphatic rings. The van der Waals surface area contributed by atoms with Gasteiger partial charge in [-0.3, -0.25) is 13.9 Å². The fourth-order valence-electron chi connectivity index (χ4n) is 4.40. The van der Waals surface area contributed by atoms with Crippen molar-refractivity contribution < 1.29 is 22.7 Å². The third kappa shape index (κ3) is 9.33. The minimum absolute atomic E-state index is 0.105. The molecule has 1 N–H and O–H groups in total. The van der Waals surface area contributed by atoms with E-state index in [0.29, 0.717) is 12.3 Å². The van der Waals surface area contributed by atoms with Crippen LogP contribution in [0.1, 0.15) is 30.5 Å². The molecule has 0 fully saturated rings. The Morgan fingerprint density at radius 2 is 1.66 bits per heavy atom. The molecule has 0 bridgehead atoms. The van der Waals surface area contributed by atoms with Crippen LogP contribution in [0, 0.1) is 12.8 Å². The summed E-state index contributed by atoms with van der Waals surface area (Å²) >= 11 is 3.49. The van der Waals surface area contributed by atoms with Gasteiger partial charge < -0.3 is 15.0 Å². The van der Waals surface area contributed by atoms with Crippen molar-refractivity contribution in [1.82, 2.24) is 10.2 Å². The summed E-state index contributed by atoms with van der Waals surface area (Å²) in [5, 5.41) is 2.98. The molecule has 0 heterocycles. The van der Waals surface area contributed by atoms with Crippen molar-refractivity contribution in [2.75, 3.05) is 30.8 Å². The largest absolute Gasteiger partial charge is 0.495 e. The van der Waals surface area contributed by atoms with Gasteiger partial charge in [0.05, 0.1) is 19.1 Å². The minimum Gasteiger partial charge on any atom is -0.495 e. The van der Waals surface area contributed by atoms with Crippen LogP contribution in [0.2, 0.25) is 0 Å². The van der Waals surface area contributed by atoms with Gasteiger partial charge in [-0.25, -0.2) is 8.42 Å². The second-order valence-electron chi connectivity index (χ2n) is 10.4. The molecule has 10 heteroatoms. The molecule has 0 aliphatic carbocycles. The maximum absolute atomic E-state index is 14.2. The Hall–Kier alpha value is -3.37. The van der Waals surface area contributed by atoms with E-state index in [9.17, 15) is 18.0 Å². The third-order valence-corrected chi connectivity index (χ3v) is 8.10. The van der Waals surface area contributed by atoms with E-state index in [1.807, 2.05) is 75.4 Å². The van der Waals surface area contributed by atoms with E-state index in [-0.39, 0.29) is 30.5 Å². The van der Waals surface area contributed by atoms with Gasteiger partial charge in [0.1, 0.15) is 18.3 Å². The fraction of sp³-hybridized carbons (Fsp3) is 0.355. The average Bonchev–Trinajstić information content (AvgIpc) is 2.92. The summed E-state index contributed by atoms with van der Waals surface area (Å²) in [6, 6.07) is 21.2. The molecule has 220 valence electrons. The van der Waals surface area contributed by atoms with E-state index >= 15 is 0 Å². The van der Waals surface area contributed by atoms with E-state index in [2.05, 4.69) is 21.2 Å². The van der Waals surface area contributed by atoms with E-state index in [0.717, 1.165) is 31.7 Å². The molecular formula is C31H38BrN3O5S. The molecule has 0 radical (unpaired) electrons. The summed E-state index contributed by atoms with van der Waals surface area (Å²) in [7, 11) is -2.45. The Labute approximate surface area is 251 Å². The summed E-state index contributed by atoms with van der Waals surface area (Å²) in [6.45, 7) is 5.87. The first-order valence-electron chi connectivity index (χ1n) is 13.4. The van der Waals surface area contributed by atoms with Gasteiger partial charge in [-0.15, -0.1) is 0 Å². The topological polar surface area (TPSA) is 96.0 Å². The van der Waals surface area contributed by atoms with Gasteiger partial charge in [-0.1, -0.05) is 78.3 Å². The Morgan fingerprint density at radius 1 is 0.976 bits per heavy atom. The number of rotatable bonds is 13. The van der Waals surface area contributed by atoms with Crippen LogP contribution in [-0.2, 0) is 32.6 Å². The zero-order valence-electron chi connectivity index (χ0n) is 24.1.